The Kier molecular flexibility index (Phi) is 5.14. The highest BCUT2D eigenvalue weighted by molar-refractivity contribution is 7.91. The first kappa shape index (κ1) is 14.2. The molecule has 1 aliphatic heterocycles. The van der Waals surface area contributed by atoms with Crippen LogP contribution in [0.5, 0.6) is 0 Å². The van der Waals surface area contributed by atoms with Crippen molar-refractivity contribution in [2.75, 3.05) is 18.1 Å². The van der Waals surface area contributed by atoms with Crippen LogP contribution in [0.2, 0.25) is 0 Å². The van der Waals surface area contributed by atoms with Gasteiger partial charge in [0.25, 0.3) is 0 Å². The van der Waals surface area contributed by atoms with E-state index < -0.39 is 9.84 Å². The zero-order valence-electron chi connectivity index (χ0n) is 10.1. The number of nitrogens with one attached hydrogen (secondary N) is 2. The highest BCUT2D eigenvalue weighted by Gasteiger charge is 2.25. The lowest BCUT2D eigenvalue weighted by molar-refractivity contribution is -0.122. The molecule has 1 atom stereocenters. The minimum atomic E-state index is -2.84. The van der Waals surface area contributed by atoms with Crippen LogP contribution in [0.1, 0.15) is 19.8 Å². The first-order chi connectivity index (χ1) is 7.94. The number of sulfone groups is 1. The number of hydrogen-bond acceptors (Lipinski definition) is 4. The Bertz CT molecular complexity index is 364. The van der Waals surface area contributed by atoms with Gasteiger partial charge in [0.15, 0.2) is 0 Å². The minimum Gasteiger partial charge on any atom is -0.351 e. The number of amides is 1. The molecule has 0 saturated carbocycles. The van der Waals surface area contributed by atoms with Gasteiger partial charge in [0.1, 0.15) is 9.84 Å². The molecular weight excluding hydrogens is 240 g/mol. The molecule has 0 aromatic carbocycles. The van der Waals surface area contributed by atoms with Crippen LogP contribution >= 0.6 is 0 Å². The average Bonchev–Trinajstić information content (AvgIpc) is 2.28. The van der Waals surface area contributed by atoms with E-state index in [9.17, 15) is 13.2 Å². The molecule has 98 valence electrons. The SMILES string of the molecule is C=CCNC(=O)C(C)NC1CCS(=O)(=O)CC1. The van der Waals surface area contributed by atoms with Gasteiger partial charge in [-0.05, 0) is 19.8 Å². The molecule has 0 spiro atoms. The van der Waals surface area contributed by atoms with Gasteiger partial charge in [0, 0.05) is 12.6 Å². The Morgan fingerprint density at radius 1 is 1.47 bits per heavy atom. The molecule has 0 radical (unpaired) electrons. The molecule has 1 amide bonds. The van der Waals surface area contributed by atoms with Crippen LogP contribution in [-0.2, 0) is 14.6 Å². The van der Waals surface area contributed by atoms with E-state index in [0.717, 1.165) is 0 Å². The number of carbonyl (C=O) groups excluding carboxylic acids is 1. The summed E-state index contributed by atoms with van der Waals surface area (Å²) in [6, 6.07) is -0.191. The smallest absolute Gasteiger partial charge is 0.237 e. The molecule has 1 aliphatic rings. The van der Waals surface area contributed by atoms with Crippen molar-refractivity contribution in [1.29, 1.82) is 0 Å². The average molecular weight is 260 g/mol. The summed E-state index contributed by atoms with van der Waals surface area (Å²) >= 11 is 0. The Morgan fingerprint density at radius 2 is 2.06 bits per heavy atom. The molecule has 1 unspecified atom stereocenters. The predicted molar refractivity (Wildman–Crippen MR) is 67.5 cm³/mol. The van der Waals surface area contributed by atoms with E-state index in [1.165, 1.54) is 0 Å². The molecule has 2 N–H and O–H groups in total. The van der Waals surface area contributed by atoms with E-state index in [-0.39, 0.29) is 29.5 Å². The van der Waals surface area contributed by atoms with Gasteiger partial charge < -0.3 is 10.6 Å². The van der Waals surface area contributed by atoms with E-state index in [4.69, 9.17) is 0 Å². The number of carbonyl (C=O) groups is 1. The predicted octanol–water partition coefficient (Wildman–Crippen LogP) is -0.156. The molecule has 17 heavy (non-hydrogen) atoms. The summed E-state index contributed by atoms with van der Waals surface area (Å²) in [5, 5.41) is 5.85. The molecule has 0 bridgehead atoms. The van der Waals surface area contributed by atoms with Gasteiger partial charge in [0.2, 0.25) is 5.91 Å². The van der Waals surface area contributed by atoms with Gasteiger partial charge >= 0.3 is 0 Å². The van der Waals surface area contributed by atoms with E-state index >= 15 is 0 Å². The first-order valence-corrected chi connectivity index (χ1v) is 7.62. The fourth-order valence-electron chi connectivity index (χ4n) is 1.81. The molecule has 6 heteroatoms. The van der Waals surface area contributed by atoms with E-state index in [1.54, 1.807) is 13.0 Å². The van der Waals surface area contributed by atoms with Crippen molar-refractivity contribution in [3.8, 4) is 0 Å². The fourth-order valence-corrected chi connectivity index (χ4v) is 3.30. The maximum atomic E-state index is 11.6. The van der Waals surface area contributed by atoms with Gasteiger partial charge in [-0.1, -0.05) is 6.08 Å². The van der Waals surface area contributed by atoms with Crippen molar-refractivity contribution in [1.82, 2.24) is 10.6 Å². The molecular formula is C11H20N2O3S. The Balaban J connectivity index is 2.34. The Hall–Kier alpha value is -0.880. The Labute approximate surface area is 103 Å². The quantitative estimate of drug-likeness (QED) is 0.674. The molecule has 1 rings (SSSR count). The van der Waals surface area contributed by atoms with Crippen molar-refractivity contribution < 1.29 is 13.2 Å². The lowest BCUT2D eigenvalue weighted by Crippen LogP contribution is -2.48. The summed E-state index contributed by atoms with van der Waals surface area (Å²) in [5.41, 5.74) is 0. The van der Waals surface area contributed by atoms with E-state index in [0.29, 0.717) is 19.4 Å². The Morgan fingerprint density at radius 3 is 2.59 bits per heavy atom. The zero-order valence-corrected chi connectivity index (χ0v) is 10.9. The van der Waals surface area contributed by atoms with Crippen LogP contribution in [0.25, 0.3) is 0 Å². The van der Waals surface area contributed by atoms with Gasteiger partial charge in [-0.25, -0.2) is 8.42 Å². The summed E-state index contributed by atoms with van der Waals surface area (Å²) in [4.78, 5) is 11.6. The van der Waals surface area contributed by atoms with Crippen molar-refractivity contribution in [2.24, 2.45) is 0 Å². The normalized spacial score (nSPS) is 21.7. The third-order valence-corrected chi connectivity index (χ3v) is 4.57. The summed E-state index contributed by atoms with van der Waals surface area (Å²) in [7, 11) is -2.84. The lowest BCUT2D eigenvalue weighted by Gasteiger charge is -2.26. The second-order valence-corrected chi connectivity index (χ2v) is 6.65. The van der Waals surface area contributed by atoms with Crippen LogP contribution in [-0.4, -0.2) is 44.5 Å². The molecule has 1 fully saturated rings. The molecule has 0 aromatic rings. The monoisotopic (exact) mass is 260 g/mol. The lowest BCUT2D eigenvalue weighted by atomic mass is 10.1. The van der Waals surface area contributed by atoms with Gasteiger partial charge in [-0.15, -0.1) is 6.58 Å². The minimum absolute atomic E-state index is 0.0849. The summed E-state index contributed by atoms with van der Waals surface area (Å²) in [5.74, 6) is 0.343. The zero-order chi connectivity index (χ0) is 12.9. The highest BCUT2D eigenvalue weighted by Crippen LogP contribution is 2.12. The third kappa shape index (κ3) is 4.87. The van der Waals surface area contributed by atoms with Crippen LogP contribution in [0.3, 0.4) is 0 Å². The van der Waals surface area contributed by atoms with Gasteiger partial charge in [0.05, 0.1) is 17.5 Å². The van der Waals surface area contributed by atoms with Gasteiger partial charge in [-0.3, -0.25) is 4.79 Å². The van der Waals surface area contributed by atoms with E-state index in [2.05, 4.69) is 17.2 Å². The van der Waals surface area contributed by atoms with Crippen molar-refractivity contribution in [3.63, 3.8) is 0 Å². The molecule has 0 aromatic heterocycles. The summed E-state index contributed by atoms with van der Waals surface area (Å²) < 4.78 is 22.5. The first-order valence-electron chi connectivity index (χ1n) is 5.79. The summed E-state index contributed by atoms with van der Waals surface area (Å²) in [6.07, 6.45) is 2.79. The van der Waals surface area contributed by atoms with Gasteiger partial charge in [-0.2, -0.15) is 0 Å². The maximum Gasteiger partial charge on any atom is 0.237 e. The number of hydrogen-bond donors (Lipinski definition) is 2. The van der Waals surface area contributed by atoms with Crippen molar-refractivity contribution in [3.05, 3.63) is 12.7 Å². The van der Waals surface area contributed by atoms with Crippen molar-refractivity contribution in [2.45, 2.75) is 31.8 Å². The highest BCUT2D eigenvalue weighted by atomic mass is 32.2. The largest absolute Gasteiger partial charge is 0.351 e. The third-order valence-electron chi connectivity index (χ3n) is 2.85. The number of rotatable bonds is 5. The maximum absolute atomic E-state index is 11.6. The molecule has 1 saturated heterocycles. The second-order valence-electron chi connectivity index (χ2n) is 4.35. The standard InChI is InChI=1S/C11H20N2O3S/c1-3-6-12-11(14)9(2)13-10-4-7-17(15,16)8-5-10/h3,9-10,13H,1,4-8H2,2H3,(H,12,14). The van der Waals surface area contributed by atoms with Crippen LogP contribution in [0, 0.1) is 0 Å². The van der Waals surface area contributed by atoms with E-state index in [1.807, 2.05) is 0 Å². The molecule has 1 heterocycles. The fraction of sp³-hybridized carbons (Fsp3) is 0.727. The molecule has 0 aliphatic carbocycles. The van der Waals surface area contributed by atoms with Crippen molar-refractivity contribution >= 4 is 15.7 Å². The van der Waals surface area contributed by atoms with Crippen LogP contribution in [0.4, 0.5) is 0 Å². The van der Waals surface area contributed by atoms with Crippen LogP contribution < -0.4 is 10.6 Å². The second kappa shape index (κ2) is 6.16. The summed E-state index contributed by atoms with van der Waals surface area (Å²) in [6.45, 7) is 5.75. The molecule has 5 nitrogen and oxygen atoms in total. The van der Waals surface area contributed by atoms with Crippen LogP contribution in [0.15, 0.2) is 12.7 Å². The topological polar surface area (TPSA) is 75.3 Å².